The highest BCUT2D eigenvalue weighted by atomic mass is 32.1. The van der Waals surface area contributed by atoms with Crippen molar-refractivity contribution in [2.45, 2.75) is 40.2 Å². The number of esters is 1. The Bertz CT molecular complexity index is 1040. The highest BCUT2D eigenvalue weighted by Crippen LogP contribution is 2.23. The van der Waals surface area contributed by atoms with Gasteiger partial charge in [-0.2, -0.15) is 5.26 Å². The minimum Gasteiger partial charge on any atom is -0.462 e. The van der Waals surface area contributed by atoms with Crippen LogP contribution < -0.4 is 20.1 Å². The molecule has 0 aliphatic carbocycles. The van der Waals surface area contributed by atoms with Gasteiger partial charge in [-0.05, 0) is 31.4 Å². The summed E-state index contributed by atoms with van der Waals surface area (Å²) >= 11 is 1.10. The number of para-hydroxylation sites is 1. The molecule has 7 heteroatoms. The SMILES string of the molecule is CCOC(=O)C(C#N)=c1sc(=CNc2ccccc2C(C)C)c(=O)n1CC. The number of anilines is 1. The molecule has 27 heavy (non-hydrogen) atoms. The number of benzene rings is 1. The van der Waals surface area contributed by atoms with E-state index in [4.69, 9.17) is 4.74 Å². The molecular formula is C20H23N3O3S. The summed E-state index contributed by atoms with van der Waals surface area (Å²) in [4.78, 5) is 24.7. The molecule has 0 amide bonds. The predicted octanol–water partition coefficient (Wildman–Crippen LogP) is 2.14. The Balaban J connectivity index is 2.60. The maximum absolute atomic E-state index is 12.7. The van der Waals surface area contributed by atoms with Crippen molar-refractivity contribution >= 4 is 34.8 Å². The van der Waals surface area contributed by atoms with Crippen LogP contribution in [-0.4, -0.2) is 17.1 Å². The Morgan fingerprint density at radius 3 is 2.67 bits per heavy atom. The molecule has 0 aliphatic heterocycles. The second kappa shape index (κ2) is 9.19. The first kappa shape index (κ1) is 20.5. The summed E-state index contributed by atoms with van der Waals surface area (Å²) in [5.74, 6) is -0.385. The van der Waals surface area contributed by atoms with Gasteiger partial charge in [-0.15, -0.1) is 11.3 Å². The number of rotatable bonds is 6. The summed E-state index contributed by atoms with van der Waals surface area (Å²) < 4.78 is 7.09. The van der Waals surface area contributed by atoms with Gasteiger partial charge in [-0.1, -0.05) is 32.0 Å². The van der Waals surface area contributed by atoms with E-state index in [9.17, 15) is 14.9 Å². The summed E-state index contributed by atoms with van der Waals surface area (Å²) in [5, 5.41) is 12.6. The standard InChI is InChI=1S/C20H23N3O3S/c1-5-23-18(24)17(27-19(23)15(11-21)20(25)26-6-2)12-22-16-10-8-7-9-14(16)13(3)4/h7-10,12-13,22H,5-6H2,1-4H3. The third kappa shape index (κ3) is 4.47. The zero-order valence-corrected chi connectivity index (χ0v) is 16.7. The van der Waals surface area contributed by atoms with Gasteiger partial charge >= 0.3 is 5.97 Å². The minimum absolute atomic E-state index is 0.150. The van der Waals surface area contributed by atoms with Gasteiger partial charge in [0.15, 0.2) is 5.57 Å². The number of hydrogen-bond donors (Lipinski definition) is 1. The molecule has 6 nitrogen and oxygen atoms in total. The Kier molecular flexibility index (Phi) is 6.97. The lowest BCUT2D eigenvalue weighted by Gasteiger charge is -2.11. The van der Waals surface area contributed by atoms with Gasteiger partial charge in [0.1, 0.15) is 15.3 Å². The number of nitrogens with zero attached hydrogens (tertiary/aromatic N) is 2. The Morgan fingerprint density at radius 2 is 2.07 bits per heavy atom. The van der Waals surface area contributed by atoms with Gasteiger partial charge in [-0.25, -0.2) is 4.79 Å². The van der Waals surface area contributed by atoms with Gasteiger partial charge in [0.2, 0.25) is 0 Å². The largest absolute Gasteiger partial charge is 0.462 e. The van der Waals surface area contributed by atoms with Crippen LogP contribution in [0.5, 0.6) is 0 Å². The molecule has 0 unspecified atom stereocenters. The smallest absolute Gasteiger partial charge is 0.351 e. The summed E-state index contributed by atoms with van der Waals surface area (Å²) in [6, 6.07) is 9.76. The fourth-order valence-electron chi connectivity index (χ4n) is 2.65. The Morgan fingerprint density at radius 1 is 1.37 bits per heavy atom. The molecule has 1 aromatic carbocycles. The molecule has 0 saturated carbocycles. The molecule has 1 N–H and O–H groups in total. The van der Waals surface area contributed by atoms with Gasteiger partial charge in [-0.3, -0.25) is 9.36 Å². The average molecular weight is 385 g/mol. The van der Waals surface area contributed by atoms with Gasteiger partial charge in [0, 0.05) is 18.4 Å². The van der Waals surface area contributed by atoms with Gasteiger partial charge < -0.3 is 10.1 Å². The summed E-state index contributed by atoms with van der Waals surface area (Å²) in [7, 11) is 0. The molecule has 0 fully saturated rings. The quantitative estimate of drug-likeness (QED) is 0.770. The lowest BCUT2D eigenvalue weighted by molar-refractivity contribution is -0.136. The van der Waals surface area contributed by atoms with E-state index >= 15 is 0 Å². The maximum Gasteiger partial charge on any atom is 0.351 e. The van der Waals surface area contributed by atoms with Crippen LogP contribution in [0.1, 0.15) is 39.2 Å². The van der Waals surface area contributed by atoms with Crippen LogP contribution >= 0.6 is 11.3 Å². The molecule has 1 heterocycles. The van der Waals surface area contributed by atoms with E-state index in [0.29, 0.717) is 21.7 Å². The van der Waals surface area contributed by atoms with E-state index in [1.807, 2.05) is 30.3 Å². The first-order chi connectivity index (χ1) is 12.9. The van der Waals surface area contributed by atoms with Crippen LogP contribution in [0.2, 0.25) is 0 Å². The minimum atomic E-state index is -0.715. The highest BCUT2D eigenvalue weighted by Gasteiger charge is 2.16. The van der Waals surface area contributed by atoms with E-state index < -0.39 is 5.97 Å². The fraction of sp³-hybridized carbons (Fsp3) is 0.350. The molecule has 2 aromatic rings. The first-order valence-electron chi connectivity index (χ1n) is 8.81. The van der Waals surface area contributed by atoms with Crippen LogP contribution in [0.25, 0.3) is 11.8 Å². The molecule has 0 saturated heterocycles. The van der Waals surface area contributed by atoms with Crippen molar-refractivity contribution in [2.75, 3.05) is 11.9 Å². The van der Waals surface area contributed by atoms with Crippen molar-refractivity contribution in [3.63, 3.8) is 0 Å². The molecule has 0 bridgehead atoms. The molecular weight excluding hydrogens is 362 g/mol. The highest BCUT2D eigenvalue weighted by molar-refractivity contribution is 7.07. The van der Waals surface area contributed by atoms with E-state index in [1.165, 1.54) is 4.57 Å². The van der Waals surface area contributed by atoms with Crippen LogP contribution in [0.15, 0.2) is 29.1 Å². The Labute approximate surface area is 162 Å². The van der Waals surface area contributed by atoms with Crippen LogP contribution in [0.3, 0.4) is 0 Å². The summed E-state index contributed by atoms with van der Waals surface area (Å²) in [6.45, 7) is 8.18. The van der Waals surface area contributed by atoms with E-state index in [2.05, 4.69) is 19.2 Å². The number of nitriles is 1. The second-order valence-electron chi connectivity index (χ2n) is 6.06. The van der Waals surface area contributed by atoms with E-state index in [0.717, 1.165) is 22.6 Å². The topological polar surface area (TPSA) is 84.1 Å². The van der Waals surface area contributed by atoms with Crippen LogP contribution in [0.4, 0.5) is 5.69 Å². The monoisotopic (exact) mass is 385 g/mol. The number of aromatic nitrogens is 1. The first-order valence-corrected chi connectivity index (χ1v) is 9.63. The third-order valence-electron chi connectivity index (χ3n) is 3.97. The summed E-state index contributed by atoms with van der Waals surface area (Å²) in [6.07, 6.45) is 1.63. The number of carbonyl (C=O) groups is 1. The van der Waals surface area contributed by atoms with Crippen LogP contribution in [0, 0.1) is 11.3 Å². The average Bonchev–Trinajstić information content (AvgIpc) is 2.96. The van der Waals surface area contributed by atoms with Crippen molar-refractivity contribution < 1.29 is 9.53 Å². The van der Waals surface area contributed by atoms with Gasteiger partial charge in [0.05, 0.1) is 6.61 Å². The van der Waals surface area contributed by atoms with Gasteiger partial charge in [0.25, 0.3) is 5.56 Å². The van der Waals surface area contributed by atoms with Crippen molar-refractivity contribution in [1.82, 2.24) is 4.57 Å². The predicted molar refractivity (Wildman–Crippen MR) is 108 cm³/mol. The van der Waals surface area contributed by atoms with E-state index in [1.54, 1.807) is 20.0 Å². The molecule has 0 aliphatic rings. The molecule has 1 aromatic heterocycles. The Hall–Kier alpha value is -2.85. The van der Waals surface area contributed by atoms with Crippen molar-refractivity contribution in [1.29, 1.82) is 5.26 Å². The number of nitrogens with one attached hydrogen (secondary N) is 1. The molecule has 2 rings (SSSR count). The number of thiazole rings is 1. The normalized spacial score (nSPS) is 12.7. The van der Waals surface area contributed by atoms with Crippen molar-refractivity contribution in [3.8, 4) is 6.07 Å². The number of ether oxygens (including phenoxy) is 1. The number of carbonyl (C=O) groups excluding carboxylic acids is 1. The maximum atomic E-state index is 12.7. The lowest BCUT2D eigenvalue weighted by Crippen LogP contribution is -2.32. The third-order valence-corrected chi connectivity index (χ3v) is 5.10. The fourth-order valence-corrected chi connectivity index (χ4v) is 3.73. The van der Waals surface area contributed by atoms with E-state index in [-0.39, 0.29) is 17.7 Å². The van der Waals surface area contributed by atoms with Crippen molar-refractivity contribution in [3.05, 3.63) is 49.4 Å². The zero-order chi connectivity index (χ0) is 20.0. The van der Waals surface area contributed by atoms with Crippen molar-refractivity contribution in [2.24, 2.45) is 0 Å². The molecule has 0 radical (unpaired) electrons. The number of hydrogen-bond acceptors (Lipinski definition) is 6. The summed E-state index contributed by atoms with van der Waals surface area (Å²) in [5.41, 5.74) is 1.66. The molecule has 142 valence electrons. The lowest BCUT2D eigenvalue weighted by atomic mass is 10.0. The molecule has 0 spiro atoms. The van der Waals surface area contributed by atoms with Crippen LogP contribution in [-0.2, 0) is 16.1 Å². The molecule has 0 atom stereocenters. The second-order valence-corrected chi connectivity index (χ2v) is 7.09. The zero-order valence-electron chi connectivity index (χ0n) is 15.9.